The molecule has 3 rings (SSSR count). The van der Waals surface area contributed by atoms with Gasteiger partial charge in [0.25, 0.3) is 0 Å². The van der Waals surface area contributed by atoms with Crippen molar-refractivity contribution in [2.45, 2.75) is 52.2 Å². The summed E-state index contributed by atoms with van der Waals surface area (Å²) < 4.78 is 1.83. The van der Waals surface area contributed by atoms with Gasteiger partial charge in [-0.25, -0.2) is 4.79 Å². The maximum absolute atomic E-state index is 12.8. The van der Waals surface area contributed by atoms with E-state index in [0.717, 1.165) is 22.5 Å². The lowest BCUT2D eigenvalue weighted by Gasteiger charge is -2.35. The van der Waals surface area contributed by atoms with E-state index in [1.54, 1.807) is 0 Å². The second-order valence-electron chi connectivity index (χ2n) is 6.77. The first-order chi connectivity index (χ1) is 11.9. The van der Waals surface area contributed by atoms with E-state index in [4.69, 9.17) is 0 Å². The van der Waals surface area contributed by atoms with E-state index in [-0.39, 0.29) is 18.4 Å². The minimum Gasteiger partial charge on any atom is -0.480 e. The fourth-order valence-electron chi connectivity index (χ4n) is 3.55. The van der Waals surface area contributed by atoms with Gasteiger partial charge in [-0.2, -0.15) is 5.10 Å². The molecule has 132 valence electrons. The monoisotopic (exact) mass is 341 g/mol. The van der Waals surface area contributed by atoms with E-state index in [0.29, 0.717) is 13.0 Å². The van der Waals surface area contributed by atoms with Gasteiger partial charge in [0.05, 0.1) is 11.7 Å². The Morgan fingerprint density at radius 3 is 2.56 bits per heavy atom. The summed E-state index contributed by atoms with van der Waals surface area (Å²) in [5.74, 6) is -1.11. The van der Waals surface area contributed by atoms with Crippen LogP contribution in [-0.4, -0.2) is 37.7 Å². The smallest absolute Gasteiger partial charge is 0.326 e. The largest absolute Gasteiger partial charge is 0.480 e. The van der Waals surface area contributed by atoms with E-state index in [2.05, 4.69) is 5.10 Å². The van der Waals surface area contributed by atoms with Crippen LogP contribution in [0.3, 0.4) is 0 Å². The van der Waals surface area contributed by atoms with Gasteiger partial charge in [-0.1, -0.05) is 24.3 Å². The third kappa shape index (κ3) is 3.43. The number of rotatable bonds is 4. The number of carbonyl (C=O) groups is 2. The highest BCUT2D eigenvalue weighted by Gasteiger charge is 2.35. The summed E-state index contributed by atoms with van der Waals surface area (Å²) >= 11 is 0. The lowest BCUT2D eigenvalue weighted by Crippen LogP contribution is -2.49. The number of carbonyl (C=O) groups excluding carboxylic acids is 1. The van der Waals surface area contributed by atoms with Crippen LogP contribution in [0, 0.1) is 13.8 Å². The normalized spacial score (nSPS) is 17.9. The van der Waals surface area contributed by atoms with Gasteiger partial charge in [0.1, 0.15) is 6.04 Å². The van der Waals surface area contributed by atoms with Gasteiger partial charge in [-0.15, -0.1) is 0 Å². The molecule has 0 fully saturated rings. The molecule has 1 aromatic carbocycles. The quantitative estimate of drug-likeness (QED) is 0.927. The number of carboxylic acid groups (broad SMARTS) is 1. The van der Waals surface area contributed by atoms with Gasteiger partial charge in [0, 0.05) is 25.1 Å². The number of amides is 1. The van der Waals surface area contributed by atoms with E-state index in [9.17, 15) is 14.7 Å². The first kappa shape index (κ1) is 17.2. The Morgan fingerprint density at radius 1 is 1.28 bits per heavy atom. The van der Waals surface area contributed by atoms with Crippen molar-refractivity contribution in [3.05, 3.63) is 52.8 Å². The Morgan fingerprint density at radius 2 is 1.96 bits per heavy atom. The van der Waals surface area contributed by atoms with Gasteiger partial charge < -0.3 is 10.0 Å². The van der Waals surface area contributed by atoms with Crippen LogP contribution in [0.2, 0.25) is 0 Å². The SMILES string of the molecule is Cc1cc(C)n([C@@H](C)CC(=O)N2Cc3ccccc3C[C@@H]2C(=O)O)n1. The maximum atomic E-state index is 12.8. The Kier molecular flexibility index (Phi) is 4.61. The summed E-state index contributed by atoms with van der Waals surface area (Å²) in [6.07, 6.45) is 0.583. The molecule has 0 radical (unpaired) electrons. The van der Waals surface area contributed by atoms with Crippen molar-refractivity contribution < 1.29 is 14.7 Å². The lowest BCUT2D eigenvalue weighted by atomic mass is 9.93. The number of nitrogens with zero attached hydrogens (tertiary/aromatic N) is 3. The van der Waals surface area contributed by atoms with Gasteiger partial charge in [0.15, 0.2) is 0 Å². The molecule has 1 aliphatic heterocycles. The van der Waals surface area contributed by atoms with E-state index in [1.165, 1.54) is 4.90 Å². The van der Waals surface area contributed by atoms with Crippen molar-refractivity contribution in [2.75, 3.05) is 0 Å². The summed E-state index contributed by atoms with van der Waals surface area (Å²) in [5, 5.41) is 14.0. The van der Waals surface area contributed by atoms with Crippen molar-refractivity contribution in [1.82, 2.24) is 14.7 Å². The van der Waals surface area contributed by atoms with Crippen molar-refractivity contribution in [3.63, 3.8) is 0 Å². The summed E-state index contributed by atoms with van der Waals surface area (Å²) in [7, 11) is 0. The molecule has 25 heavy (non-hydrogen) atoms. The van der Waals surface area contributed by atoms with Crippen LogP contribution in [0.4, 0.5) is 0 Å². The maximum Gasteiger partial charge on any atom is 0.326 e. The fourth-order valence-corrected chi connectivity index (χ4v) is 3.55. The van der Waals surface area contributed by atoms with Crippen molar-refractivity contribution >= 4 is 11.9 Å². The molecule has 1 aliphatic rings. The lowest BCUT2D eigenvalue weighted by molar-refractivity contribution is -0.151. The minimum atomic E-state index is -0.957. The van der Waals surface area contributed by atoms with Crippen molar-refractivity contribution in [3.8, 4) is 0 Å². The third-order valence-corrected chi connectivity index (χ3v) is 4.79. The summed E-state index contributed by atoms with van der Waals surface area (Å²) in [6.45, 7) is 6.15. The zero-order chi connectivity index (χ0) is 18.1. The fraction of sp³-hybridized carbons (Fsp3) is 0.421. The zero-order valence-electron chi connectivity index (χ0n) is 14.8. The van der Waals surface area contributed by atoms with Crippen LogP contribution in [0.1, 0.15) is 41.9 Å². The molecule has 6 nitrogen and oxygen atoms in total. The van der Waals surface area contributed by atoms with E-state index >= 15 is 0 Å². The van der Waals surface area contributed by atoms with Crippen LogP contribution in [0.25, 0.3) is 0 Å². The van der Waals surface area contributed by atoms with Gasteiger partial charge in [-0.05, 0) is 38.0 Å². The number of fused-ring (bicyclic) bond motifs is 1. The topological polar surface area (TPSA) is 75.4 Å². The Balaban J connectivity index is 1.80. The molecule has 0 saturated heterocycles. The summed E-state index contributed by atoms with van der Waals surface area (Å²) in [4.78, 5) is 26.0. The van der Waals surface area contributed by atoms with Crippen LogP contribution in [0.15, 0.2) is 30.3 Å². The highest BCUT2D eigenvalue weighted by molar-refractivity contribution is 5.84. The van der Waals surface area contributed by atoms with Gasteiger partial charge in [-0.3, -0.25) is 9.48 Å². The van der Waals surface area contributed by atoms with E-state index < -0.39 is 12.0 Å². The van der Waals surface area contributed by atoms with Crippen molar-refractivity contribution in [2.24, 2.45) is 0 Å². The highest BCUT2D eigenvalue weighted by atomic mass is 16.4. The molecular formula is C19H23N3O3. The second kappa shape index (κ2) is 6.70. The molecule has 1 aromatic heterocycles. The van der Waals surface area contributed by atoms with E-state index in [1.807, 2.05) is 55.8 Å². The zero-order valence-corrected chi connectivity index (χ0v) is 14.8. The first-order valence-corrected chi connectivity index (χ1v) is 8.48. The van der Waals surface area contributed by atoms with Crippen LogP contribution >= 0.6 is 0 Å². The molecule has 2 heterocycles. The number of aliphatic carboxylic acids is 1. The number of aromatic nitrogens is 2. The van der Waals surface area contributed by atoms with Crippen molar-refractivity contribution in [1.29, 1.82) is 0 Å². The number of aryl methyl sites for hydroxylation is 2. The number of carboxylic acids is 1. The van der Waals surface area contributed by atoms with Crippen LogP contribution < -0.4 is 0 Å². The number of benzene rings is 1. The number of hydrogen-bond acceptors (Lipinski definition) is 3. The molecule has 0 spiro atoms. The second-order valence-corrected chi connectivity index (χ2v) is 6.77. The molecule has 2 aromatic rings. The Hall–Kier alpha value is -2.63. The van der Waals surface area contributed by atoms with Crippen LogP contribution in [0.5, 0.6) is 0 Å². The average Bonchev–Trinajstić information content (AvgIpc) is 2.92. The Labute approximate surface area is 147 Å². The summed E-state index contributed by atoms with van der Waals surface area (Å²) in [5.41, 5.74) is 3.93. The standard InChI is InChI=1S/C19H23N3O3/c1-12-8-13(2)22(20-12)14(3)9-18(23)21-11-16-7-5-4-6-15(16)10-17(21)19(24)25/h4-8,14,17H,9-11H2,1-3H3,(H,24,25)/t14-,17+/m0/s1. The molecule has 1 N–H and O–H groups in total. The Bertz CT molecular complexity index is 812. The van der Waals surface area contributed by atoms with Gasteiger partial charge >= 0.3 is 5.97 Å². The minimum absolute atomic E-state index is 0.118. The third-order valence-electron chi connectivity index (χ3n) is 4.79. The molecular weight excluding hydrogens is 318 g/mol. The summed E-state index contributed by atoms with van der Waals surface area (Å²) in [6, 6.07) is 8.76. The average molecular weight is 341 g/mol. The molecule has 6 heteroatoms. The molecule has 2 atom stereocenters. The highest BCUT2D eigenvalue weighted by Crippen LogP contribution is 2.26. The predicted molar refractivity (Wildman–Crippen MR) is 93.1 cm³/mol. The van der Waals surface area contributed by atoms with Crippen LogP contribution in [-0.2, 0) is 22.6 Å². The molecule has 0 unspecified atom stereocenters. The molecule has 1 amide bonds. The molecule has 0 saturated carbocycles. The number of hydrogen-bond donors (Lipinski definition) is 1. The molecule has 0 aliphatic carbocycles. The predicted octanol–water partition coefficient (Wildman–Crippen LogP) is 2.49. The first-order valence-electron chi connectivity index (χ1n) is 8.48. The van der Waals surface area contributed by atoms with Gasteiger partial charge in [0.2, 0.25) is 5.91 Å². The molecule has 0 bridgehead atoms.